The van der Waals surface area contributed by atoms with Gasteiger partial charge in [-0.05, 0) is 39.2 Å². The van der Waals surface area contributed by atoms with E-state index in [1.54, 1.807) is 0 Å². The molecule has 7 nitrogen and oxygen atoms in total. The van der Waals surface area contributed by atoms with Gasteiger partial charge in [0, 0.05) is 33.3 Å². The molecule has 1 fully saturated rings. The van der Waals surface area contributed by atoms with Crippen molar-refractivity contribution < 1.29 is 19.1 Å². The Morgan fingerprint density at radius 2 is 1.79 bits per heavy atom. The average molecular weight is 392 g/mol. The highest BCUT2D eigenvalue weighted by Gasteiger charge is 2.37. The van der Waals surface area contributed by atoms with Crippen molar-refractivity contribution in [1.82, 2.24) is 15.5 Å². The molecule has 1 aliphatic heterocycles. The molecule has 0 unspecified atom stereocenters. The lowest BCUT2D eigenvalue weighted by atomic mass is 9.87. The van der Waals surface area contributed by atoms with E-state index in [4.69, 9.17) is 9.47 Å². The zero-order valence-electron chi connectivity index (χ0n) is 17.4. The lowest BCUT2D eigenvalue weighted by Crippen LogP contribution is -2.61. The second kappa shape index (κ2) is 9.89. The maximum Gasteiger partial charge on any atom is 0.408 e. The van der Waals surface area contributed by atoms with Gasteiger partial charge in [0.15, 0.2) is 0 Å². The molecule has 2 rings (SSSR count). The normalized spacial score (nSPS) is 17.0. The quantitative estimate of drug-likeness (QED) is 0.746. The summed E-state index contributed by atoms with van der Waals surface area (Å²) in [7, 11) is 1.48. The standard InChI is InChI=1S/C21H33N3O4/c1-20(2,3)28-19(26)23-21(16-22-18(25)15-27-4)10-12-24(13-11-21)14-17-8-6-5-7-9-17/h5-9H,10-16H2,1-4H3,(H,22,25)(H,23,26). The summed E-state index contributed by atoms with van der Waals surface area (Å²) >= 11 is 0. The largest absolute Gasteiger partial charge is 0.444 e. The molecule has 1 heterocycles. The molecule has 1 aromatic rings. The fourth-order valence-corrected chi connectivity index (χ4v) is 3.30. The first kappa shape index (κ1) is 22.2. The minimum atomic E-state index is -0.571. The maximum absolute atomic E-state index is 12.4. The van der Waals surface area contributed by atoms with Crippen LogP contribution in [0.1, 0.15) is 39.2 Å². The van der Waals surface area contributed by atoms with Crippen LogP contribution < -0.4 is 10.6 Å². The van der Waals surface area contributed by atoms with E-state index in [2.05, 4.69) is 27.7 Å². The molecule has 0 atom stereocenters. The fourth-order valence-electron chi connectivity index (χ4n) is 3.30. The molecule has 2 N–H and O–H groups in total. The van der Waals surface area contributed by atoms with Gasteiger partial charge in [-0.15, -0.1) is 0 Å². The number of nitrogens with zero attached hydrogens (tertiary/aromatic N) is 1. The molecule has 2 amide bonds. The van der Waals surface area contributed by atoms with Crippen LogP contribution in [0.4, 0.5) is 4.79 Å². The number of rotatable bonds is 7. The Bertz CT molecular complexity index is 635. The van der Waals surface area contributed by atoms with Crippen molar-refractivity contribution in [3.63, 3.8) is 0 Å². The number of hydrogen-bond acceptors (Lipinski definition) is 5. The highest BCUT2D eigenvalue weighted by Crippen LogP contribution is 2.24. The van der Waals surface area contributed by atoms with E-state index in [1.807, 2.05) is 39.0 Å². The van der Waals surface area contributed by atoms with Gasteiger partial charge in [-0.3, -0.25) is 9.69 Å². The van der Waals surface area contributed by atoms with Crippen molar-refractivity contribution in [1.29, 1.82) is 0 Å². The van der Waals surface area contributed by atoms with Gasteiger partial charge in [-0.2, -0.15) is 0 Å². The lowest BCUT2D eigenvalue weighted by molar-refractivity contribution is -0.125. The van der Waals surface area contributed by atoms with Gasteiger partial charge in [0.05, 0.1) is 5.54 Å². The number of likely N-dealkylation sites (tertiary alicyclic amines) is 1. The van der Waals surface area contributed by atoms with Crippen molar-refractivity contribution in [2.75, 3.05) is 33.4 Å². The monoisotopic (exact) mass is 391 g/mol. The second-order valence-corrected chi connectivity index (χ2v) is 8.38. The van der Waals surface area contributed by atoms with Crippen LogP contribution in [0, 0.1) is 0 Å². The summed E-state index contributed by atoms with van der Waals surface area (Å²) in [5, 5.41) is 5.90. The second-order valence-electron chi connectivity index (χ2n) is 8.38. The Balaban J connectivity index is 1.98. The Labute approximate surface area is 167 Å². The molecule has 0 radical (unpaired) electrons. The van der Waals surface area contributed by atoms with Gasteiger partial charge in [-0.1, -0.05) is 30.3 Å². The predicted molar refractivity (Wildman–Crippen MR) is 108 cm³/mol. The summed E-state index contributed by atoms with van der Waals surface area (Å²) in [5.74, 6) is -0.195. The van der Waals surface area contributed by atoms with Crippen LogP contribution in [0.15, 0.2) is 30.3 Å². The highest BCUT2D eigenvalue weighted by molar-refractivity contribution is 5.77. The van der Waals surface area contributed by atoms with Crippen molar-refractivity contribution in [2.24, 2.45) is 0 Å². The van der Waals surface area contributed by atoms with E-state index >= 15 is 0 Å². The maximum atomic E-state index is 12.4. The van der Waals surface area contributed by atoms with Gasteiger partial charge >= 0.3 is 6.09 Å². The van der Waals surface area contributed by atoms with Crippen LogP contribution >= 0.6 is 0 Å². The molecule has 1 aromatic carbocycles. The van der Waals surface area contributed by atoms with E-state index in [9.17, 15) is 9.59 Å². The number of ether oxygens (including phenoxy) is 2. The number of carbonyl (C=O) groups is 2. The Kier molecular flexibility index (Phi) is 7.83. The smallest absolute Gasteiger partial charge is 0.408 e. The first-order valence-electron chi connectivity index (χ1n) is 9.74. The number of amides is 2. The van der Waals surface area contributed by atoms with Crippen molar-refractivity contribution in [2.45, 2.75) is 51.3 Å². The summed E-state index contributed by atoms with van der Waals surface area (Å²) in [4.78, 5) is 26.6. The van der Waals surface area contributed by atoms with Crippen LogP contribution in [-0.4, -0.2) is 61.4 Å². The van der Waals surface area contributed by atoms with Gasteiger partial charge in [0.25, 0.3) is 0 Å². The minimum Gasteiger partial charge on any atom is -0.444 e. The summed E-state index contributed by atoms with van der Waals surface area (Å²) in [6.07, 6.45) is 1.00. The minimum absolute atomic E-state index is 0.00263. The molecule has 156 valence electrons. The Hall–Kier alpha value is -2.12. The topological polar surface area (TPSA) is 79.9 Å². The van der Waals surface area contributed by atoms with Gasteiger partial charge in [0.1, 0.15) is 12.2 Å². The lowest BCUT2D eigenvalue weighted by Gasteiger charge is -2.42. The zero-order valence-corrected chi connectivity index (χ0v) is 17.4. The number of alkyl carbamates (subject to hydrolysis) is 1. The van der Waals surface area contributed by atoms with Gasteiger partial charge in [0.2, 0.25) is 5.91 Å². The molecule has 28 heavy (non-hydrogen) atoms. The Morgan fingerprint density at radius 1 is 1.14 bits per heavy atom. The van der Waals surface area contributed by atoms with E-state index in [-0.39, 0.29) is 12.5 Å². The first-order valence-corrected chi connectivity index (χ1v) is 9.74. The summed E-state index contributed by atoms with van der Waals surface area (Å²) < 4.78 is 10.3. The van der Waals surface area contributed by atoms with Crippen molar-refractivity contribution in [3.8, 4) is 0 Å². The third-order valence-corrected chi connectivity index (χ3v) is 4.73. The summed E-state index contributed by atoms with van der Waals surface area (Å²) in [5.41, 5.74) is 0.167. The zero-order chi connectivity index (χ0) is 20.6. The molecule has 1 aliphatic rings. The van der Waals surface area contributed by atoms with Crippen molar-refractivity contribution in [3.05, 3.63) is 35.9 Å². The average Bonchev–Trinajstić information content (AvgIpc) is 2.62. The number of methoxy groups -OCH3 is 1. The summed E-state index contributed by atoms with van der Waals surface area (Å²) in [6, 6.07) is 10.3. The molecule has 0 bridgehead atoms. The molecule has 1 saturated heterocycles. The van der Waals surface area contributed by atoms with E-state index in [1.165, 1.54) is 12.7 Å². The Morgan fingerprint density at radius 3 is 2.36 bits per heavy atom. The van der Waals surface area contributed by atoms with E-state index in [0.29, 0.717) is 6.54 Å². The highest BCUT2D eigenvalue weighted by atomic mass is 16.6. The number of benzene rings is 1. The molecule has 0 saturated carbocycles. The number of hydrogen-bond donors (Lipinski definition) is 2. The predicted octanol–water partition coefficient (Wildman–Crippen LogP) is 2.31. The van der Waals surface area contributed by atoms with Crippen LogP contribution in [0.2, 0.25) is 0 Å². The summed E-state index contributed by atoms with van der Waals surface area (Å²) in [6.45, 7) is 8.39. The molecule has 0 spiro atoms. The van der Waals surface area contributed by atoms with Crippen LogP contribution in [0.5, 0.6) is 0 Å². The number of carbonyl (C=O) groups excluding carboxylic acids is 2. The molecular weight excluding hydrogens is 358 g/mol. The SMILES string of the molecule is COCC(=O)NCC1(NC(=O)OC(C)(C)C)CCN(Cc2ccccc2)CC1. The van der Waals surface area contributed by atoms with Crippen molar-refractivity contribution >= 4 is 12.0 Å². The number of nitrogens with one attached hydrogen (secondary N) is 2. The first-order chi connectivity index (χ1) is 13.2. The van der Waals surface area contributed by atoms with Crippen LogP contribution in [0.3, 0.4) is 0 Å². The molecule has 7 heteroatoms. The number of piperidine rings is 1. The third-order valence-electron chi connectivity index (χ3n) is 4.73. The molecular formula is C21H33N3O4. The fraction of sp³-hybridized carbons (Fsp3) is 0.619. The van der Waals surface area contributed by atoms with E-state index < -0.39 is 17.2 Å². The molecule has 0 aliphatic carbocycles. The molecule has 0 aromatic heterocycles. The van der Waals surface area contributed by atoms with Crippen LogP contribution in [0.25, 0.3) is 0 Å². The third kappa shape index (κ3) is 7.48. The van der Waals surface area contributed by atoms with Gasteiger partial charge < -0.3 is 20.1 Å². The van der Waals surface area contributed by atoms with Gasteiger partial charge in [-0.25, -0.2) is 4.79 Å². The van der Waals surface area contributed by atoms with Crippen LogP contribution in [-0.2, 0) is 20.8 Å². The van der Waals surface area contributed by atoms with E-state index in [0.717, 1.165) is 32.5 Å².